The molecule has 0 spiro atoms. The predicted molar refractivity (Wildman–Crippen MR) is 137 cm³/mol. The fourth-order valence-corrected chi connectivity index (χ4v) is 3.23. The maximum atomic E-state index is 12.1. The van der Waals surface area contributed by atoms with Crippen LogP contribution in [0.4, 0.5) is 11.4 Å². The van der Waals surface area contributed by atoms with Crippen molar-refractivity contribution < 1.29 is 28.5 Å². The number of rotatable bonds is 15. The molecule has 0 saturated heterocycles. The summed E-state index contributed by atoms with van der Waals surface area (Å²) in [5, 5.41) is 8.48. The Morgan fingerprint density at radius 2 is 1.58 bits per heavy atom. The maximum absolute atomic E-state index is 12.1. The minimum absolute atomic E-state index is 0.219. The SMILES string of the molecule is COc1cc(C=CC(=O)OCCCC#N)ccc1OCCCCCCOC(=O)c1cc(N)cc(N)c1. The van der Waals surface area contributed by atoms with Gasteiger partial charge < -0.3 is 30.4 Å². The third kappa shape index (κ3) is 10.4. The van der Waals surface area contributed by atoms with E-state index >= 15 is 0 Å². The van der Waals surface area contributed by atoms with Crippen LogP contribution in [0.1, 0.15) is 54.4 Å². The lowest BCUT2D eigenvalue weighted by Gasteiger charge is -2.11. The molecule has 0 aromatic heterocycles. The van der Waals surface area contributed by atoms with Crippen LogP contribution < -0.4 is 20.9 Å². The number of carbonyl (C=O) groups excluding carboxylic acids is 2. The molecule has 0 unspecified atom stereocenters. The van der Waals surface area contributed by atoms with Crippen LogP contribution in [0.3, 0.4) is 0 Å². The van der Waals surface area contributed by atoms with E-state index in [2.05, 4.69) is 0 Å². The van der Waals surface area contributed by atoms with Gasteiger partial charge in [0.15, 0.2) is 11.5 Å². The van der Waals surface area contributed by atoms with E-state index in [4.69, 9.17) is 35.7 Å². The second-order valence-electron chi connectivity index (χ2n) is 7.96. The van der Waals surface area contributed by atoms with Crippen molar-refractivity contribution in [2.75, 3.05) is 38.4 Å². The van der Waals surface area contributed by atoms with Crippen molar-refractivity contribution in [3.8, 4) is 17.6 Å². The van der Waals surface area contributed by atoms with Crippen molar-refractivity contribution in [2.24, 2.45) is 0 Å². The first-order chi connectivity index (χ1) is 17.4. The van der Waals surface area contributed by atoms with Crippen molar-refractivity contribution in [1.29, 1.82) is 5.26 Å². The first-order valence-corrected chi connectivity index (χ1v) is 11.8. The van der Waals surface area contributed by atoms with Crippen LogP contribution >= 0.6 is 0 Å². The number of nitrogens with two attached hydrogens (primary N) is 2. The second-order valence-corrected chi connectivity index (χ2v) is 7.96. The van der Waals surface area contributed by atoms with Crippen LogP contribution in [0.15, 0.2) is 42.5 Å². The fourth-order valence-electron chi connectivity index (χ4n) is 3.23. The van der Waals surface area contributed by atoms with E-state index < -0.39 is 11.9 Å². The Balaban J connectivity index is 1.65. The number of nitrogens with zero attached hydrogens (tertiary/aromatic N) is 1. The van der Waals surface area contributed by atoms with Gasteiger partial charge in [-0.3, -0.25) is 0 Å². The van der Waals surface area contributed by atoms with Crippen molar-refractivity contribution in [3.05, 3.63) is 53.6 Å². The quantitative estimate of drug-likeness (QED) is 0.157. The Hall–Kier alpha value is -4.19. The molecule has 0 fully saturated rings. The van der Waals surface area contributed by atoms with Crippen LogP contribution in [0.2, 0.25) is 0 Å². The van der Waals surface area contributed by atoms with Gasteiger partial charge in [-0.1, -0.05) is 6.07 Å². The summed E-state index contributed by atoms with van der Waals surface area (Å²) in [5.41, 5.74) is 13.4. The average molecular weight is 496 g/mol. The second kappa shape index (κ2) is 15.7. The van der Waals surface area contributed by atoms with E-state index in [1.54, 1.807) is 43.5 Å². The summed E-state index contributed by atoms with van der Waals surface area (Å²) in [6, 6.07) is 12.1. The summed E-state index contributed by atoms with van der Waals surface area (Å²) >= 11 is 0. The molecule has 0 saturated carbocycles. The Bertz CT molecular complexity index is 1060. The number of carbonyl (C=O) groups is 2. The molecule has 0 heterocycles. The lowest BCUT2D eigenvalue weighted by atomic mass is 10.1. The minimum Gasteiger partial charge on any atom is -0.493 e. The highest BCUT2D eigenvalue weighted by Gasteiger charge is 2.09. The van der Waals surface area contributed by atoms with Crippen molar-refractivity contribution in [3.63, 3.8) is 0 Å². The number of hydrogen-bond acceptors (Lipinski definition) is 9. The van der Waals surface area contributed by atoms with E-state index in [0.29, 0.717) is 54.5 Å². The average Bonchev–Trinajstić information content (AvgIpc) is 2.86. The molecule has 2 rings (SSSR count). The van der Waals surface area contributed by atoms with Crippen LogP contribution in [0.5, 0.6) is 11.5 Å². The van der Waals surface area contributed by atoms with E-state index in [0.717, 1.165) is 31.2 Å². The van der Waals surface area contributed by atoms with E-state index in [9.17, 15) is 9.59 Å². The molecular formula is C27H33N3O6. The largest absolute Gasteiger partial charge is 0.493 e. The van der Waals surface area contributed by atoms with Crippen molar-refractivity contribution in [1.82, 2.24) is 0 Å². The topological polar surface area (TPSA) is 147 Å². The summed E-state index contributed by atoms with van der Waals surface area (Å²) in [4.78, 5) is 23.8. The number of ether oxygens (including phenoxy) is 4. The number of nitrogen functional groups attached to an aromatic ring is 2. The van der Waals surface area contributed by atoms with Gasteiger partial charge in [0.1, 0.15) is 0 Å². The number of benzene rings is 2. The normalized spacial score (nSPS) is 10.6. The third-order valence-electron chi connectivity index (χ3n) is 5.02. The maximum Gasteiger partial charge on any atom is 0.338 e. The zero-order chi connectivity index (χ0) is 26.2. The van der Waals surface area contributed by atoms with Crippen molar-refractivity contribution in [2.45, 2.75) is 38.5 Å². The number of methoxy groups -OCH3 is 1. The highest BCUT2D eigenvalue weighted by molar-refractivity contribution is 5.91. The van der Waals surface area contributed by atoms with E-state index in [-0.39, 0.29) is 6.61 Å². The molecule has 0 aliphatic heterocycles. The minimum atomic E-state index is -0.462. The highest BCUT2D eigenvalue weighted by Crippen LogP contribution is 2.29. The molecule has 2 aromatic carbocycles. The monoisotopic (exact) mass is 495 g/mol. The molecule has 9 nitrogen and oxygen atoms in total. The molecule has 0 bridgehead atoms. The molecule has 192 valence electrons. The van der Waals surface area contributed by atoms with Gasteiger partial charge in [0.05, 0.1) is 38.6 Å². The van der Waals surface area contributed by atoms with Crippen molar-refractivity contribution >= 4 is 29.4 Å². The van der Waals surface area contributed by atoms with Gasteiger partial charge in [0, 0.05) is 23.9 Å². The number of unbranched alkanes of at least 4 members (excludes halogenated alkanes) is 4. The van der Waals surface area contributed by atoms with Gasteiger partial charge in [-0.25, -0.2) is 9.59 Å². The molecule has 2 aromatic rings. The van der Waals surface area contributed by atoms with Gasteiger partial charge in [-0.2, -0.15) is 5.26 Å². The van der Waals surface area contributed by atoms with E-state index in [1.165, 1.54) is 6.08 Å². The zero-order valence-corrected chi connectivity index (χ0v) is 20.5. The molecule has 0 aliphatic rings. The first-order valence-electron chi connectivity index (χ1n) is 11.8. The number of hydrogen-bond donors (Lipinski definition) is 2. The van der Waals surface area contributed by atoms with Crippen LogP contribution in [-0.2, 0) is 14.3 Å². The lowest BCUT2D eigenvalue weighted by molar-refractivity contribution is -0.137. The van der Waals surface area contributed by atoms with Gasteiger partial charge in [0.25, 0.3) is 0 Å². The summed E-state index contributed by atoms with van der Waals surface area (Å²) in [6.07, 6.45) is 7.23. The van der Waals surface area contributed by atoms with Gasteiger partial charge >= 0.3 is 11.9 Å². The van der Waals surface area contributed by atoms with Crippen LogP contribution in [0, 0.1) is 11.3 Å². The summed E-state index contributed by atoms with van der Waals surface area (Å²) in [5.74, 6) is 0.282. The van der Waals surface area contributed by atoms with Crippen LogP contribution in [-0.4, -0.2) is 38.9 Å². The van der Waals surface area contributed by atoms with Crippen LogP contribution in [0.25, 0.3) is 6.08 Å². The number of esters is 2. The standard InChI is InChI=1S/C27H33N3O6/c1-33-25-16-20(9-11-26(31)35-14-7-4-12-28)8-10-24(25)34-13-5-2-3-6-15-36-27(32)21-17-22(29)19-23(30)18-21/h8-11,16-19H,2-7,13-15,29-30H2,1H3. The Kier molecular flexibility index (Phi) is 12.2. The zero-order valence-electron chi connectivity index (χ0n) is 20.5. The smallest absolute Gasteiger partial charge is 0.338 e. The molecular weight excluding hydrogens is 462 g/mol. The molecule has 4 N–H and O–H groups in total. The highest BCUT2D eigenvalue weighted by atomic mass is 16.5. The Labute approximate surface area is 211 Å². The summed E-state index contributed by atoms with van der Waals surface area (Å²) in [6.45, 7) is 1.06. The third-order valence-corrected chi connectivity index (χ3v) is 5.02. The summed E-state index contributed by atoms with van der Waals surface area (Å²) in [7, 11) is 1.55. The Morgan fingerprint density at radius 1 is 0.889 bits per heavy atom. The first kappa shape index (κ1) is 28.1. The van der Waals surface area contributed by atoms with Gasteiger partial charge in [-0.05, 0) is 74.1 Å². The van der Waals surface area contributed by atoms with E-state index in [1.807, 2.05) is 12.1 Å². The molecule has 0 atom stereocenters. The fraction of sp³-hybridized carbons (Fsp3) is 0.370. The molecule has 0 radical (unpaired) electrons. The number of nitriles is 1. The number of anilines is 2. The molecule has 36 heavy (non-hydrogen) atoms. The molecule has 9 heteroatoms. The summed E-state index contributed by atoms with van der Waals surface area (Å²) < 4.78 is 21.5. The molecule has 0 aliphatic carbocycles. The predicted octanol–water partition coefficient (Wildman–Crippen LogP) is 4.52. The Morgan fingerprint density at radius 3 is 2.28 bits per heavy atom. The van der Waals surface area contributed by atoms with Gasteiger partial charge in [-0.15, -0.1) is 0 Å². The molecule has 0 amide bonds. The van der Waals surface area contributed by atoms with Gasteiger partial charge in [0.2, 0.25) is 0 Å². The lowest BCUT2D eigenvalue weighted by Crippen LogP contribution is -2.08.